The van der Waals surface area contributed by atoms with Gasteiger partial charge in [0.2, 0.25) is 0 Å². The standard InChI is InChI=1S/C12H13BrN2S/c13-11-8-15-7-9(6-14)12(11)16-10-4-2-1-3-5-10/h7-8,10H,1-5H2. The Hall–Kier alpha value is -0.530. The Morgan fingerprint density at radius 2 is 2.06 bits per heavy atom. The monoisotopic (exact) mass is 296 g/mol. The summed E-state index contributed by atoms with van der Waals surface area (Å²) >= 11 is 5.31. The third-order valence-electron chi connectivity index (χ3n) is 2.81. The van der Waals surface area contributed by atoms with Crippen LogP contribution in [0.3, 0.4) is 0 Å². The third kappa shape index (κ3) is 2.78. The molecule has 0 atom stereocenters. The van der Waals surface area contributed by atoms with E-state index in [1.807, 2.05) is 11.8 Å². The Labute approximate surface area is 109 Å². The molecule has 1 saturated carbocycles. The summed E-state index contributed by atoms with van der Waals surface area (Å²) in [7, 11) is 0. The molecule has 1 aliphatic rings. The molecule has 2 nitrogen and oxygen atoms in total. The van der Waals surface area contributed by atoms with Crippen molar-refractivity contribution >= 4 is 27.7 Å². The van der Waals surface area contributed by atoms with Crippen molar-refractivity contribution in [3.05, 3.63) is 22.4 Å². The van der Waals surface area contributed by atoms with Gasteiger partial charge in [-0.15, -0.1) is 11.8 Å². The van der Waals surface area contributed by atoms with E-state index in [9.17, 15) is 0 Å². The van der Waals surface area contributed by atoms with Crippen molar-refractivity contribution in [3.8, 4) is 6.07 Å². The van der Waals surface area contributed by atoms with E-state index in [0.717, 1.165) is 9.37 Å². The molecule has 0 aromatic carbocycles. The molecule has 0 amide bonds. The second-order valence-electron chi connectivity index (χ2n) is 3.99. The van der Waals surface area contributed by atoms with Crippen LogP contribution in [0.25, 0.3) is 0 Å². The van der Waals surface area contributed by atoms with Gasteiger partial charge in [-0.25, -0.2) is 0 Å². The number of thioether (sulfide) groups is 1. The van der Waals surface area contributed by atoms with Crippen LogP contribution in [0.1, 0.15) is 37.7 Å². The Morgan fingerprint density at radius 1 is 1.31 bits per heavy atom. The number of aromatic nitrogens is 1. The van der Waals surface area contributed by atoms with Crippen LogP contribution in [-0.4, -0.2) is 10.2 Å². The average Bonchev–Trinajstić information content (AvgIpc) is 2.33. The molecule has 1 heterocycles. The zero-order valence-electron chi connectivity index (χ0n) is 8.95. The number of hydrogen-bond donors (Lipinski definition) is 0. The van der Waals surface area contributed by atoms with Gasteiger partial charge in [0.15, 0.2) is 0 Å². The molecule has 16 heavy (non-hydrogen) atoms. The van der Waals surface area contributed by atoms with Gasteiger partial charge in [-0.05, 0) is 28.8 Å². The van der Waals surface area contributed by atoms with Crippen molar-refractivity contribution in [3.63, 3.8) is 0 Å². The van der Waals surface area contributed by atoms with Gasteiger partial charge in [0.1, 0.15) is 6.07 Å². The number of pyridine rings is 1. The Balaban J connectivity index is 2.16. The summed E-state index contributed by atoms with van der Waals surface area (Å²) in [6, 6.07) is 2.21. The first-order valence-corrected chi connectivity index (χ1v) is 7.19. The number of hydrogen-bond acceptors (Lipinski definition) is 3. The Bertz CT molecular complexity index is 408. The highest BCUT2D eigenvalue weighted by atomic mass is 79.9. The number of halogens is 1. The highest BCUT2D eigenvalue weighted by Gasteiger charge is 2.18. The summed E-state index contributed by atoms with van der Waals surface area (Å²) in [6.07, 6.45) is 9.96. The van der Waals surface area contributed by atoms with E-state index >= 15 is 0 Å². The molecule has 0 saturated heterocycles. The molecule has 4 heteroatoms. The maximum Gasteiger partial charge on any atom is 0.102 e. The lowest BCUT2D eigenvalue weighted by Gasteiger charge is -2.21. The van der Waals surface area contributed by atoms with Crippen LogP contribution in [0.4, 0.5) is 0 Å². The van der Waals surface area contributed by atoms with Gasteiger partial charge in [-0.2, -0.15) is 5.26 Å². The van der Waals surface area contributed by atoms with E-state index in [1.54, 1.807) is 12.4 Å². The van der Waals surface area contributed by atoms with E-state index in [0.29, 0.717) is 10.8 Å². The predicted octanol–water partition coefficient (Wildman–Crippen LogP) is 4.14. The molecule has 0 bridgehead atoms. The van der Waals surface area contributed by atoms with Gasteiger partial charge < -0.3 is 0 Å². The van der Waals surface area contributed by atoms with Gasteiger partial charge in [-0.3, -0.25) is 4.98 Å². The first-order chi connectivity index (χ1) is 7.81. The molecule has 0 aliphatic heterocycles. The first-order valence-electron chi connectivity index (χ1n) is 5.51. The minimum atomic E-state index is 0.666. The summed E-state index contributed by atoms with van der Waals surface area (Å²) in [5, 5.41) is 9.71. The molecule has 1 fully saturated rings. The highest BCUT2D eigenvalue weighted by Crippen LogP contribution is 2.38. The Kier molecular flexibility index (Phi) is 4.25. The van der Waals surface area contributed by atoms with Gasteiger partial charge in [0.05, 0.1) is 10.0 Å². The predicted molar refractivity (Wildman–Crippen MR) is 69.4 cm³/mol. The van der Waals surface area contributed by atoms with E-state index in [1.165, 1.54) is 32.1 Å². The van der Waals surface area contributed by atoms with Crippen molar-refractivity contribution < 1.29 is 0 Å². The fourth-order valence-corrected chi connectivity index (χ4v) is 3.88. The van der Waals surface area contributed by atoms with Gasteiger partial charge in [0, 0.05) is 22.5 Å². The smallest absolute Gasteiger partial charge is 0.102 e. The van der Waals surface area contributed by atoms with Gasteiger partial charge in [-0.1, -0.05) is 19.3 Å². The summed E-state index contributed by atoms with van der Waals surface area (Å²) in [4.78, 5) is 5.09. The summed E-state index contributed by atoms with van der Waals surface area (Å²) in [5.41, 5.74) is 0.685. The highest BCUT2D eigenvalue weighted by molar-refractivity contribution is 9.10. The molecular formula is C12H13BrN2S. The lowest BCUT2D eigenvalue weighted by molar-refractivity contribution is 0.516. The number of nitriles is 1. The average molecular weight is 297 g/mol. The minimum Gasteiger partial charge on any atom is -0.262 e. The maximum atomic E-state index is 9.05. The van der Waals surface area contributed by atoms with Gasteiger partial charge >= 0.3 is 0 Å². The van der Waals surface area contributed by atoms with E-state index in [-0.39, 0.29) is 0 Å². The van der Waals surface area contributed by atoms with Crippen molar-refractivity contribution in [2.24, 2.45) is 0 Å². The maximum absolute atomic E-state index is 9.05. The van der Waals surface area contributed by atoms with Crippen LogP contribution in [0.15, 0.2) is 21.8 Å². The quantitative estimate of drug-likeness (QED) is 0.823. The molecular weight excluding hydrogens is 284 g/mol. The number of rotatable bonds is 2. The molecule has 84 valence electrons. The first kappa shape index (κ1) is 11.9. The SMILES string of the molecule is N#Cc1cncc(Br)c1SC1CCCCC1. The van der Waals surface area contributed by atoms with E-state index in [4.69, 9.17) is 5.26 Å². The largest absolute Gasteiger partial charge is 0.262 e. The van der Waals surface area contributed by atoms with Crippen LogP contribution in [-0.2, 0) is 0 Å². The normalized spacial score (nSPS) is 17.0. The molecule has 0 radical (unpaired) electrons. The minimum absolute atomic E-state index is 0.666. The van der Waals surface area contributed by atoms with Gasteiger partial charge in [0.25, 0.3) is 0 Å². The lowest BCUT2D eigenvalue weighted by Crippen LogP contribution is -2.08. The second kappa shape index (κ2) is 5.70. The zero-order valence-corrected chi connectivity index (χ0v) is 11.4. The van der Waals surface area contributed by atoms with Crippen molar-refractivity contribution in [1.29, 1.82) is 5.26 Å². The van der Waals surface area contributed by atoms with Crippen LogP contribution in [0.2, 0.25) is 0 Å². The fraction of sp³-hybridized carbons (Fsp3) is 0.500. The molecule has 0 spiro atoms. The molecule has 0 unspecified atom stereocenters. The fourth-order valence-electron chi connectivity index (χ4n) is 1.97. The molecule has 0 N–H and O–H groups in total. The molecule has 2 rings (SSSR count). The zero-order chi connectivity index (χ0) is 11.4. The molecule has 1 aliphatic carbocycles. The van der Waals surface area contributed by atoms with Crippen molar-refractivity contribution in [1.82, 2.24) is 4.98 Å². The third-order valence-corrected chi connectivity index (χ3v) is 5.15. The van der Waals surface area contributed by atoms with Crippen LogP contribution >= 0.6 is 27.7 Å². The van der Waals surface area contributed by atoms with Crippen LogP contribution in [0, 0.1) is 11.3 Å². The summed E-state index contributed by atoms with van der Waals surface area (Å²) in [6.45, 7) is 0. The molecule has 1 aromatic rings. The summed E-state index contributed by atoms with van der Waals surface area (Å²) < 4.78 is 0.946. The van der Waals surface area contributed by atoms with E-state index in [2.05, 4.69) is 27.0 Å². The topological polar surface area (TPSA) is 36.7 Å². The Morgan fingerprint density at radius 3 is 2.75 bits per heavy atom. The molecule has 1 aromatic heterocycles. The second-order valence-corrected chi connectivity index (χ2v) is 6.15. The summed E-state index contributed by atoms with van der Waals surface area (Å²) in [5.74, 6) is 0. The van der Waals surface area contributed by atoms with Crippen LogP contribution in [0.5, 0.6) is 0 Å². The lowest BCUT2D eigenvalue weighted by atomic mass is 10.0. The van der Waals surface area contributed by atoms with Crippen molar-refractivity contribution in [2.75, 3.05) is 0 Å². The van der Waals surface area contributed by atoms with Crippen molar-refractivity contribution in [2.45, 2.75) is 42.2 Å². The number of nitrogens with zero attached hydrogens (tertiary/aromatic N) is 2. The van der Waals surface area contributed by atoms with Crippen LogP contribution < -0.4 is 0 Å². The van der Waals surface area contributed by atoms with E-state index < -0.39 is 0 Å².